The van der Waals surface area contributed by atoms with Crippen molar-refractivity contribution in [3.8, 4) is 5.75 Å². The number of hydrogen-bond acceptors (Lipinski definition) is 4. The zero-order valence-electron chi connectivity index (χ0n) is 17.0. The first kappa shape index (κ1) is 26.1. The highest BCUT2D eigenvalue weighted by Gasteiger charge is 2.11. The third-order valence-electron chi connectivity index (χ3n) is 3.99. The van der Waals surface area contributed by atoms with Crippen LogP contribution in [-0.2, 0) is 22.9 Å². The van der Waals surface area contributed by atoms with Crippen LogP contribution < -0.4 is 15.4 Å². The molecular formula is C20H26F2IN3O3S. The average Bonchev–Trinajstić information content (AvgIpc) is 2.65. The Morgan fingerprint density at radius 1 is 1.13 bits per heavy atom. The Labute approximate surface area is 193 Å². The molecule has 0 bridgehead atoms. The van der Waals surface area contributed by atoms with Gasteiger partial charge in [0, 0.05) is 24.9 Å². The molecule has 6 nitrogen and oxygen atoms in total. The van der Waals surface area contributed by atoms with Crippen molar-refractivity contribution in [1.82, 2.24) is 10.6 Å². The van der Waals surface area contributed by atoms with Gasteiger partial charge in [0.2, 0.25) is 0 Å². The monoisotopic (exact) mass is 553 g/mol. The number of hydrogen-bond donors (Lipinski definition) is 2. The van der Waals surface area contributed by atoms with E-state index in [9.17, 15) is 17.2 Å². The van der Waals surface area contributed by atoms with Crippen molar-refractivity contribution in [3.05, 3.63) is 59.2 Å². The third kappa shape index (κ3) is 8.42. The van der Waals surface area contributed by atoms with Gasteiger partial charge in [0.15, 0.2) is 15.8 Å². The number of nitrogens with zero attached hydrogens (tertiary/aromatic N) is 1. The lowest BCUT2D eigenvalue weighted by atomic mass is 10.1. The van der Waals surface area contributed by atoms with Gasteiger partial charge in [-0.1, -0.05) is 29.8 Å². The summed E-state index contributed by atoms with van der Waals surface area (Å²) >= 11 is 0. The molecule has 2 rings (SSSR count). The van der Waals surface area contributed by atoms with E-state index in [2.05, 4.69) is 20.4 Å². The van der Waals surface area contributed by atoms with E-state index in [1.54, 1.807) is 36.4 Å². The van der Waals surface area contributed by atoms with Crippen molar-refractivity contribution in [2.75, 3.05) is 12.8 Å². The Morgan fingerprint density at radius 2 is 1.80 bits per heavy atom. The van der Waals surface area contributed by atoms with Crippen LogP contribution in [0.4, 0.5) is 8.78 Å². The minimum absolute atomic E-state index is 0. The molecule has 0 saturated heterocycles. The molecule has 0 aromatic heterocycles. The fourth-order valence-corrected chi connectivity index (χ4v) is 3.22. The predicted octanol–water partition coefficient (Wildman–Crippen LogP) is 3.87. The second-order valence-corrected chi connectivity index (χ2v) is 8.47. The topological polar surface area (TPSA) is 79.8 Å². The van der Waals surface area contributed by atoms with E-state index in [1.165, 1.54) is 6.07 Å². The molecule has 10 heteroatoms. The van der Waals surface area contributed by atoms with E-state index in [-0.39, 0.29) is 41.2 Å². The van der Waals surface area contributed by atoms with Crippen molar-refractivity contribution in [2.45, 2.75) is 38.4 Å². The smallest absolute Gasteiger partial charge is 0.387 e. The maximum absolute atomic E-state index is 12.6. The zero-order chi connectivity index (χ0) is 21.4. The Balaban J connectivity index is 0.00000450. The molecular weight excluding hydrogens is 527 g/mol. The molecule has 166 valence electrons. The first-order valence-electron chi connectivity index (χ1n) is 9.04. The zero-order valence-corrected chi connectivity index (χ0v) is 20.1. The lowest BCUT2D eigenvalue weighted by Crippen LogP contribution is -2.36. The molecule has 0 aliphatic carbocycles. The lowest BCUT2D eigenvalue weighted by Gasteiger charge is -2.15. The largest absolute Gasteiger partial charge is 0.434 e. The van der Waals surface area contributed by atoms with Gasteiger partial charge in [0.05, 0.1) is 11.4 Å². The summed E-state index contributed by atoms with van der Waals surface area (Å²) in [6, 6.07) is 11.5. The van der Waals surface area contributed by atoms with Crippen molar-refractivity contribution in [1.29, 1.82) is 0 Å². The molecule has 0 radical (unpaired) electrons. The van der Waals surface area contributed by atoms with Crippen LogP contribution in [0.25, 0.3) is 0 Å². The van der Waals surface area contributed by atoms with Crippen LogP contribution in [0.3, 0.4) is 0 Å². The summed E-state index contributed by atoms with van der Waals surface area (Å²) in [5.74, 6) is 0.620. The molecule has 0 unspecified atom stereocenters. The molecule has 0 aliphatic heterocycles. The van der Waals surface area contributed by atoms with Crippen molar-refractivity contribution in [3.63, 3.8) is 0 Å². The van der Waals surface area contributed by atoms with Crippen LogP contribution in [-0.4, -0.2) is 33.8 Å². The molecule has 2 N–H and O–H groups in total. The Hall–Kier alpha value is -1.95. The van der Waals surface area contributed by atoms with E-state index >= 15 is 0 Å². The van der Waals surface area contributed by atoms with Gasteiger partial charge in [-0.2, -0.15) is 8.78 Å². The normalized spacial score (nSPS) is 11.7. The highest BCUT2D eigenvalue weighted by molar-refractivity contribution is 14.0. The van der Waals surface area contributed by atoms with Gasteiger partial charge in [-0.15, -0.1) is 24.0 Å². The quantitative estimate of drug-likeness (QED) is 0.295. The van der Waals surface area contributed by atoms with Crippen molar-refractivity contribution >= 4 is 39.8 Å². The van der Waals surface area contributed by atoms with Crippen LogP contribution in [0.5, 0.6) is 5.75 Å². The molecule has 0 amide bonds. The molecule has 0 spiro atoms. The molecule has 0 aliphatic rings. The number of sulfone groups is 1. The van der Waals surface area contributed by atoms with E-state index in [0.717, 1.165) is 17.4 Å². The number of rotatable bonds is 8. The summed E-state index contributed by atoms with van der Waals surface area (Å²) in [6.07, 6.45) is 1.16. The number of halogens is 3. The number of ether oxygens (including phenoxy) is 1. The summed E-state index contributed by atoms with van der Waals surface area (Å²) in [6.45, 7) is 2.09. The average molecular weight is 553 g/mol. The van der Waals surface area contributed by atoms with Gasteiger partial charge in [-0.25, -0.2) is 13.4 Å². The molecule has 30 heavy (non-hydrogen) atoms. The molecule has 2 aromatic rings. The summed E-state index contributed by atoms with van der Waals surface area (Å²) < 4.78 is 52.9. The molecule has 0 atom stereocenters. The maximum atomic E-state index is 12.6. The highest BCUT2D eigenvalue weighted by Crippen LogP contribution is 2.22. The van der Waals surface area contributed by atoms with E-state index < -0.39 is 16.4 Å². The van der Waals surface area contributed by atoms with Gasteiger partial charge in [-0.3, -0.25) is 0 Å². The molecule has 0 heterocycles. The standard InChI is InChI=1S/C20H25F2N3O3S.HI/c1-4-23-20(24-12-15-6-8-17(9-7-15)29(3,26)27)25-13-16-11-14(2)5-10-18(16)28-19(21)22;/h5-11,19H,4,12-13H2,1-3H3,(H2,23,24,25);1H. The van der Waals surface area contributed by atoms with Crippen LogP contribution in [0.15, 0.2) is 52.4 Å². The summed E-state index contributed by atoms with van der Waals surface area (Å²) in [7, 11) is -3.24. The number of guanidine groups is 1. The van der Waals surface area contributed by atoms with Gasteiger partial charge >= 0.3 is 6.61 Å². The molecule has 0 fully saturated rings. The summed E-state index contributed by atoms with van der Waals surface area (Å²) in [5, 5.41) is 6.19. The van der Waals surface area contributed by atoms with Crippen LogP contribution in [0.1, 0.15) is 23.6 Å². The number of aryl methyl sites for hydroxylation is 1. The van der Waals surface area contributed by atoms with Crippen LogP contribution >= 0.6 is 24.0 Å². The van der Waals surface area contributed by atoms with Gasteiger partial charge in [0.1, 0.15) is 5.75 Å². The summed E-state index contributed by atoms with van der Waals surface area (Å²) in [5.41, 5.74) is 2.36. The fourth-order valence-electron chi connectivity index (χ4n) is 2.59. The van der Waals surface area contributed by atoms with Gasteiger partial charge < -0.3 is 15.4 Å². The van der Waals surface area contributed by atoms with E-state index in [4.69, 9.17) is 0 Å². The second kappa shape index (κ2) is 12.0. The Bertz CT molecular complexity index is 952. The Kier molecular flexibility index (Phi) is 10.5. The predicted molar refractivity (Wildman–Crippen MR) is 124 cm³/mol. The first-order chi connectivity index (χ1) is 13.7. The number of benzene rings is 2. The number of nitrogens with one attached hydrogen (secondary N) is 2. The number of aliphatic imine (C=N–C) groups is 1. The van der Waals surface area contributed by atoms with E-state index in [0.29, 0.717) is 24.6 Å². The van der Waals surface area contributed by atoms with Gasteiger partial charge in [-0.05, 0) is 37.6 Å². The van der Waals surface area contributed by atoms with Gasteiger partial charge in [0.25, 0.3) is 0 Å². The third-order valence-corrected chi connectivity index (χ3v) is 5.12. The lowest BCUT2D eigenvalue weighted by molar-refractivity contribution is -0.0504. The van der Waals surface area contributed by atoms with Crippen LogP contribution in [0.2, 0.25) is 0 Å². The van der Waals surface area contributed by atoms with Crippen LogP contribution in [0, 0.1) is 6.92 Å². The van der Waals surface area contributed by atoms with E-state index in [1.807, 2.05) is 13.8 Å². The minimum Gasteiger partial charge on any atom is -0.434 e. The maximum Gasteiger partial charge on any atom is 0.387 e. The van der Waals surface area contributed by atoms with Crippen molar-refractivity contribution < 1.29 is 21.9 Å². The highest BCUT2D eigenvalue weighted by atomic mass is 127. The first-order valence-corrected chi connectivity index (χ1v) is 10.9. The molecule has 2 aromatic carbocycles. The summed E-state index contributed by atoms with van der Waals surface area (Å²) in [4.78, 5) is 4.71. The minimum atomic E-state index is -3.24. The fraction of sp³-hybridized carbons (Fsp3) is 0.350. The SMILES string of the molecule is CCNC(=NCc1ccc(S(C)(=O)=O)cc1)NCc1cc(C)ccc1OC(F)F.I. The van der Waals surface area contributed by atoms with Crippen molar-refractivity contribution in [2.24, 2.45) is 4.99 Å². The number of alkyl halides is 2. The Morgan fingerprint density at radius 3 is 2.37 bits per heavy atom. The second-order valence-electron chi connectivity index (χ2n) is 6.45. The molecule has 0 saturated carbocycles.